The van der Waals surface area contributed by atoms with Crippen molar-refractivity contribution in [2.45, 2.75) is 10.6 Å². The Morgan fingerprint density at radius 1 is 1.31 bits per heavy atom. The van der Waals surface area contributed by atoms with Gasteiger partial charge in [0.1, 0.15) is 5.75 Å². The van der Waals surface area contributed by atoms with Crippen molar-refractivity contribution in [3.05, 3.63) is 39.5 Å². The SMILES string of the molecule is COc1ccc(S(=O)(=O)N(C)C)cc1NC(=O)CSCc1ccc(Cl)s1. The van der Waals surface area contributed by atoms with Crippen molar-refractivity contribution >= 4 is 56.3 Å². The van der Waals surface area contributed by atoms with Gasteiger partial charge in [-0.1, -0.05) is 11.6 Å². The van der Waals surface area contributed by atoms with Gasteiger partial charge in [0.25, 0.3) is 0 Å². The maximum Gasteiger partial charge on any atom is 0.242 e. The molecule has 0 radical (unpaired) electrons. The van der Waals surface area contributed by atoms with E-state index in [1.54, 1.807) is 0 Å². The summed E-state index contributed by atoms with van der Waals surface area (Å²) < 4.78 is 31.6. The lowest BCUT2D eigenvalue weighted by Crippen LogP contribution is -2.22. The summed E-state index contributed by atoms with van der Waals surface area (Å²) in [6.07, 6.45) is 0. The number of halogens is 1. The van der Waals surface area contributed by atoms with Gasteiger partial charge in [0.2, 0.25) is 15.9 Å². The van der Waals surface area contributed by atoms with E-state index in [0.29, 0.717) is 21.5 Å². The summed E-state index contributed by atoms with van der Waals surface area (Å²) in [7, 11) is 0.757. The molecule has 26 heavy (non-hydrogen) atoms. The molecule has 10 heteroatoms. The molecule has 0 atom stereocenters. The molecular weight excluding hydrogens is 416 g/mol. The molecule has 1 heterocycles. The molecule has 6 nitrogen and oxygen atoms in total. The number of thioether (sulfide) groups is 1. The van der Waals surface area contributed by atoms with Crippen LogP contribution in [0.1, 0.15) is 4.88 Å². The molecule has 0 saturated carbocycles. The number of nitrogens with zero attached hydrogens (tertiary/aromatic N) is 1. The van der Waals surface area contributed by atoms with Crippen LogP contribution < -0.4 is 10.1 Å². The smallest absolute Gasteiger partial charge is 0.242 e. The first kappa shape index (κ1) is 21.0. The normalized spacial score (nSPS) is 11.6. The fourth-order valence-corrected chi connectivity index (χ4v) is 4.97. The van der Waals surface area contributed by atoms with Crippen LogP contribution in [-0.4, -0.2) is 45.6 Å². The minimum absolute atomic E-state index is 0.0829. The Balaban J connectivity index is 2.05. The van der Waals surface area contributed by atoms with Crippen LogP contribution in [0.3, 0.4) is 0 Å². The number of nitrogens with one attached hydrogen (secondary N) is 1. The quantitative estimate of drug-likeness (QED) is 0.687. The van der Waals surface area contributed by atoms with E-state index >= 15 is 0 Å². The van der Waals surface area contributed by atoms with Gasteiger partial charge >= 0.3 is 0 Å². The van der Waals surface area contributed by atoms with Crippen LogP contribution >= 0.6 is 34.7 Å². The van der Waals surface area contributed by atoms with Crippen molar-refractivity contribution in [3.8, 4) is 5.75 Å². The molecule has 0 fully saturated rings. The summed E-state index contributed by atoms with van der Waals surface area (Å²) in [5.41, 5.74) is 0.320. The van der Waals surface area contributed by atoms with Crippen molar-refractivity contribution in [1.29, 1.82) is 0 Å². The monoisotopic (exact) mass is 434 g/mol. The minimum Gasteiger partial charge on any atom is -0.495 e. The number of hydrogen-bond acceptors (Lipinski definition) is 6. The maximum atomic E-state index is 12.3. The standard InChI is InChI=1S/C16H19ClN2O4S3/c1-19(2)26(21,22)12-5-6-14(23-3)13(8-12)18-16(20)10-24-9-11-4-7-15(17)25-11/h4-8H,9-10H2,1-3H3,(H,18,20). The summed E-state index contributed by atoms with van der Waals surface area (Å²) >= 11 is 8.81. The molecule has 0 aliphatic heterocycles. The number of ether oxygens (including phenoxy) is 1. The zero-order valence-corrected chi connectivity index (χ0v) is 17.7. The van der Waals surface area contributed by atoms with Crippen LogP contribution in [0.2, 0.25) is 4.34 Å². The van der Waals surface area contributed by atoms with Crippen molar-refractivity contribution < 1.29 is 17.9 Å². The first-order chi connectivity index (χ1) is 12.2. The lowest BCUT2D eigenvalue weighted by molar-refractivity contribution is -0.113. The molecule has 2 aromatic rings. The predicted octanol–water partition coefficient (Wildman–Crippen LogP) is 3.53. The van der Waals surface area contributed by atoms with Gasteiger partial charge in [0.05, 0.1) is 27.8 Å². The van der Waals surface area contributed by atoms with Crippen molar-refractivity contribution in [2.75, 3.05) is 32.3 Å². The highest BCUT2D eigenvalue weighted by atomic mass is 35.5. The number of amides is 1. The Bertz CT molecular complexity index is 881. The average Bonchev–Trinajstić information content (AvgIpc) is 2.99. The van der Waals surface area contributed by atoms with E-state index in [-0.39, 0.29) is 16.6 Å². The van der Waals surface area contributed by atoms with Crippen LogP contribution in [0.5, 0.6) is 5.75 Å². The van der Waals surface area contributed by atoms with E-state index < -0.39 is 10.0 Å². The summed E-state index contributed by atoms with van der Waals surface area (Å²) in [5, 5.41) is 2.71. The third kappa shape index (κ3) is 5.37. The largest absolute Gasteiger partial charge is 0.495 e. The second kappa shape index (κ2) is 9.09. The lowest BCUT2D eigenvalue weighted by Gasteiger charge is -2.15. The molecule has 1 aromatic carbocycles. The molecule has 0 unspecified atom stereocenters. The Hall–Kier alpha value is -1.26. The molecule has 1 N–H and O–H groups in total. The summed E-state index contributed by atoms with van der Waals surface area (Å²) in [4.78, 5) is 13.4. The van der Waals surface area contributed by atoms with Gasteiger partial charge in [-0.25, -0.2) is 12.7 Å². The average molecular weight is 435 g/mol. The molecule has 0 aliphatic rings. The van der Waals surface area contributed by atoms with E-state index in [1.165, 1.54) is 62.5 Å². The van der Waals surface area contributed by atoms with Crippen LogP contribution in [0.25, 0.3) is 0 Å². The van der Waals surface area contributed by atoms with Crippen molar-refractivity contribution in [2.24, 2.45) is 0 Å². The Morgan fingerprint density at radius 2 is 2.04 bits per heavy atom. The Morgan fingerprint density at radius 3 is 2.62 bits per heavy atom. The van der Waals surface area contributed by atoms with Gasteiger partial charge in [0, 0.05) is 24.7 Å². The first-order valence-corrected chi connectivity index (χ1v) is 11.3. The summed E-state index contributed by atoms with van der Waals surface area (Å²) in [6.45, 7) is 0. The third-order valence-electron chi connectivity index (χ3n) is 3.33. The molecule has 142 valence electrons. The van der Waals surface area contributed by atoms with Gasteiger partial charge in [0.15, 0.2) is 0 Å². The number of rotatable bonds is 8. The van der Waals surface area contributed by atoms with Crippen LogP contribution in [0, 0.1) is 0 Å². The topological polar surface area (TPSA) is 75.7 Å². The number of anilines is 1. The molecule has 0 aliphatic carbocycles. The van der Waals surface area contributed by atoms with Crippen LogP contribution in [-0.2, 0) is 20.6 Å². The zero-order chi connectivity index (χ0) is 19.3. The number of carbonyl (C=O) groups is 1. The molecule has 1 amide bonds. The first-order valence-electron chi connectivity index (χ1n) is 7.46. The van der Waals surface area contributed by atoms with Gasteiger partial charge < -0.3 is 10.1 Å². The highest BCUT2D eigenvalue weighted by molar-refractivity contribution is 7.99. The third-order valence-corrected chi connectivity index (χ3v) is 7.54. The van der Waals surface area contributed by atoms with Gasteiger partial charge in [-0.15, -0.1) is 23.1 Å². The number of methoxy groups -OCH3 is 1. The van der Waals surface area contributed by atoms with Gasteiger partial charge in [-0.05, 0) is 30.3 Å². The maximum absolute atomic E-state index is 12.3. The number of thiophene rings is 1. The van der Waals surface area contributed by atoms with E-state index in [1.807, 2.05) is 12.1 Å². The molecular formula is C16H19ClN2O4S3. The molecule has 0 spiro atoms. The van der Waals surface area contributed by atoms with Crippen LogP contribution in [0.15, 0.2) is 35.2 Å². The van der Waals surface area contributed by atoms with Crippen molar-refractivity contribution in [1.82, 2.24) is 4.31 Å². The summed E-state index contributed by atoms with van der Waals surface area (Å²) in [5.74, 6) is 1.06. The lowest BCUT2D eigenvalue weighted by atomic mass is 10.3. The zero-order valence-electron chi connectivity index (χ0n) is 14.5. The van der Waals surface area contributed by atoms with E-state index in [2.05, 4.69) is 5.32 Å². The Labute approximate surface area is 166 Å². The number of benzene rings is 1. The van der Waals surface area contributed by atoms with Gasteiger partial charge in [-0.2, -0.15) is 0 Å². The van der Waals surface area contributed by atoms with Crippen molar-refractivity contribution in [3.63, 3.8) is 0 Å². The second-order valence-electron chi connectivity index (χ2n) is 5.40. The Kier molecular flexibility index (Phi) is 7.36. The highest BCUT2D eigenvalue weighted by Gasteiger charge is 2.19. The fraction of sp³-hybridized carbons (Fsp3) is 0.312. The number of hydrogen-bond donors (Lipinski definition) is 1. The molecule has 1 aromatic heterocycles. The molecule has 2 rings (SSSR count). The predicted molar refractivity (Wildman–Crippen MR) is 108 cm³/mol. The van der Waals surface area contributed by atoms with Crippen LogP contribution in [0.4, 0.5) is 5.69 Å². The van der Waals surface area contributed by atoms with Gasteiger partial charge in [-0.3, -0.25) is 4.79 Å². The number of carbonyl (C=O) groups excluding carboxylic acids is 1. The van der Waals surface area contributed by atoms with E-state index in [0.717, 1.165) is 9.18 Å². The van der Waals surface area contributed by atoms with E-state index in [4.69, 9.17) is 16.3 Å². The highest BCUT2D eigenvalue weighted by Crippen LogP contribution is 2.29. The fourth-order valence-electron chi connectivity index (χ4n) is 2.02. The molecule has 0 saturated heterocycles. The van der Waals surface area contributed by atoms with E-state index in [9.17, 15) is 13.2 Å². The molecule has 0 bridgehead atoms. The minimum atomic E-state index is -3.60. The summed E-state index contributed by atoms with van der Waals surface area (Å²) in [6, 6.07) is 8.11. The second-order valence-corrected chi connectivity index (χ2v) is 10.3. The number of sulfonamides is 1.